The van der Waals surface area contributed by atoms with Crippen molar-refractivity contribution in [1.82, 2.24) is 9.71 Å². The van der Waals surface area contributed by atoms with Crippen LogP contribution in [0.5, 0.6) is 0 Å². The Kier molecular flexibility index (Phi) is 2.74. The molecule has 1 aromatic rings. The molecule has 1 aliphatic rings. The Morgan fingerprint density at radius 1 is 1.53 bits per heavy atom. The van der Waals surface area contributed by atoms with Crippen molar-refractivity contribution >= 4 is 17.6 Å². The number of aromatic nitrogens is 1. The van der Waals surface area contributed by atoms with E-state index in [0.29, 0.717) is 10.6 Å². The van der Waals surface area contributed by atoms with Crippen LogP contribution in [-0.2, 0) is 0 Å². The minimum absolute atomic E-state index is 0.182. The quantitative estimate of drug-likeness (QED) is 0.754. The maximum Gasteiger partial charge on any atom is 0.405 e. The highest BCUT2D eigenvalue weighted by Gasteiger charge is 2.32. The minimum Gasteiger partial charge on any atom is -0.348 e. The fraction of sp³-hybridized carbons (Fsp3) is 0.375. The van der Waals surface area contributed by atoms with Gasteiger partial charge < -0.3 is 4.90 Å². The van der Waals surface area contributed by atoms with Gasteiger partial charge in [-0.15, -0.1) is 0 Å². The predicted molar refractivity (Wildman–Crippen MR) is 51.5 cm³/mol. The van der Waals surface area contributed by atoms with E-state index in [9.17, 15) is 13.2 Å². The highest BCUT2D eigenvalue weighted by atomic mass is 32.2. The van der Waals surface area contributed by atoms with Crippen LogP contribution >= 0.6 is 11.9 Å². The smallest absolute Gasteiger partial charge is 0.348 e. The minimum atomic E-state index is -4.19. The zero-order valence-corrected chi connectivity index (χ0v) is 8.40. The summed E-state index contributed by atoms with van der Waals surface area (Å²) in [4.78, 5) is 5.82. The molecule has 1 aromatic heterocycles. The van der Waals surface area contributed by atoms with E-state index in [1.54, 1.807) is 12.3 Å². The van der Waals surface area contributed by atoms with Gasteiger partial charge in [0.15, 0.2) is 0 Å². The number of rotatable bonds is 1. The molecule has 0 fully saturated rings. The molecule has 1 aliphatic heterocycles. The maximum atomic E-state index is 12.2. The SMILES string of the molecule is FC(F)(F)CN1CNSc2cnccc21. The average molecular weight is 235 g/mol. The van der Waals surface area contributed by atoms with Crippen molar-refractivity contribution in [1.29, 1.82) is 0 Å². The van der Waals surface area contributed by atoms with E-state index in [4.69, 9.17) is 0 Å². The fourth-order valence-electron chi connectivity index (χ4n) is 1.34. The monoisotopic (exact) mass is 235 g/mol. The van der Waals surface area contributed by atoms with Gasteiger partial charge in [-0.1, -0.05) is 0 Å². The molecule has 0 aliphatic carbocycles. The maximum absolute atomic E-state index is 12.2. The number of anilines is 1. The predicted octanol–water partition coefficient (Wildman–Crippen LogP) is 2.02. The van der Waals surface area contributed by atoms with Crippen molar-refractivity contribution in [2.45, 2.75) is 11.1 Å². The van der Waals surface area contributed by atoms with Gasteiger partial charge >= 0.3 is 6.18 Å². The van der Waals surface area contributed by atoms with Crippen molar-refractivity contribution < 1.29 is 13.2 Å². The second-order valence-corrected chi connectivity index (χ2v) is 3.99. The molecule has 2 heterocycles. The van der Waals surface area contributed by atoms with Gasteiger partial charge in [0.25, 0.3) is 0 Å². The number of fused-ring (bicyclic) bond motifs is 1. The molecule has 0 spiro atoms. The van der Waals surface area contributed by atoms with Crippen LogP contribution in [0.15, 0.2) is 23.4 Å². The lowest BCUT2D eigenvalue weighted by Crippen LogP contribution is -2.41. The molecule has 0 amide bonds. The molecule has 1 N–H and O–H groups in total. The van der Waals surface area contributed by atoms with E-state index < -0.39 is 12.7 Å². The zero-order chi connectivity index (χ0) is 10.9. The first-order valence-corrected chi connectivity index (χ1v) is 5.03. The van der Waals surface area contributed by atoms with Crippen LogP contribution in [0.25, 0.3) is 0 Å². The first kappa shape index (κ1) is 10.6. The Bertz CT molecular complexity index is 355. The molecule has 3 nitrogen and oxygen atoms in total. The van der Waals surface area contributed by atoms with Crippen LogP contribution in [-0.4, -0.2) is 24.4 Å². The second kappa shape index (κ2) is 3.90. The summed E-state index contributed by atoms with van der Waals surface area (Å²) < 4.78 is 39.5. The van der Waals surface area contributed by atoms with E-state index in [2.05, 4.69) is 9.71 Å². The van der Waals surface area contributed by atoms with Crippen molar-refractivity contribution in [3.05, 3.63) is 18.5 Å². The highest BCUT2D eigenvalue weighted by molar-refractivity contribution is 7.97. The van der Waals surface area contributed by atoms with Gasteiger partial charge in [-0.2, -0.15) is 13.2 Å². The van der Waals surface area contributed by atoms with Gasteiger partial charge in [0.1, 0.15) is 6.54 Å². The van der Waals surface area contributed by atoms with Crippen LogP contribution < -0.4 is 9.62 Å². The summed E-state index contributed by atoms with van der Waals surface area (Å²) in [6.45, 7) is -0.765. The first-order valence-electron chi connectivity index (χ1n) is 4.22. The number of halogens is 3. The van der Waals surface area contributed by atoms with Gasteiger partial charge in [-0.3, -0.25) is 4.98 Å². The summed E-state index contributed by atoms with van der Waals surface area (Å²) in [5.74, 6) is 0. The second-order valence-electron chi connectivity index (χ2n) is 3.06. The van der Waals surface area contributed by atoms with E-state index in [0.717, 1.165) is 0 Å². The van der Waals surface area contributed by atoms with E-state index >= 15 is 0 Å². The van der Waals surface area contributed by atoms with Gasteiger partial charge in [0, 0.05) is 12.4 Å². The normalized spacial score (nSPS) is 16.3. The third kappa shape index (κ3) is 2.54. The summed E-state index contributed by atoms with van der Waals surface area (Å²) in [5.41, 5.74) is 0.575. The third-order valence-electron chi connectivity index (χ3n) is 1.91. The van der Waals surface area contributed by atoms with E-state index in [1.807, 2.05) is 0 Å². The number of hydrogen-bond acceptors (Lipinski definition) is 4. The molecule has 0 aromatic carbocycles. The third-order valence-corrected chi connectivity index (χ3v) is 2.72. The largest absolute Gasteiger partial charge is 0.405 e. The van der Waals surface area contributed by atoms with Crippen molar-refractivity contribution in [2.75, 3.05) is 18.1 Å². The lowest BCUT2D eigenvalue weighted by atomic mass is 10.3. The molecule has 82 valence electrons. The van der Waals surface area contributed by atoms with Gasteiger partial charge in [0.05, 0.1) is 17.3 Å². The first-order chi connectivity index (χ1) is 7.06. The summed E-state index contributed by atoms with van der Waals surface area (Å²) >= 11 is 1.30. The molecule has 0 bridgehead atoms. The summed E-state index contributed by atoms with van der Waals surface area (Å²) in [6.07, 6.45) is -1.14. The lowest BCUT2D eigenvalue weighted by molar-refractivity contribution is -0.119. The van der Waals surface area contributed by atoms with Crippen LogP contribution in [0.4, 0.5) is 18.9 Å². The molecule has 15 heavy (non-hydrogen) atoms. The summed E-state index contributed by atoms with van der Waals surface area (Å²) in [7, 11) is 0. The van der Waals surface area contributed by atoms with Gasteiger partial charge in [0.2, 0.25) is 0 Å². The van der Waals surface area contributed by atoms with Gasteiger partial charge in [-0.05, 0) is 18.0 Å². The molecule has 0 atom stereocenters. The van der Waals surface area contributed by atoms with E-state index in [1.165, 1.54) is 23.0 Å². The Labute approximate surface area is 88.8 Å². The molecule has 2 rings (SSSR count). The molecular weight excluding hydrogens is 227 g/mol. The van der Waals surface area contributed by atoms with Crippen LogP contribution in [0.1, 0.15) is 0 Å². The Balaban J connectivity index is 2.22. The highest BCUT2D eigenvalue weighted by Crippen LogP contribution is 2.32. The molecule has 0 unspecified atom stereocenters. The fourth-order valence-corrected chi connectivity index (χ4v) is 2.13. The number of nitrogens with zero attached hydrogens (tertiary/aromatic N) is 2. The molecular formula is C8H8F3N3S. The standard InChI is InChI=1S/C8H8F3N3S/c9-8(10,11)4-14-5-13-15-7-3-12-2-1-6(7)14/h1-3,13H,4-5H2. The Hall–Kier alpha value is -0.950. The van der Waals surface area contributed by atoms with Crippen molar-refractivity contribution in [3.8, 4) is 0 Å². The van der Waals surface area contributed by atoms with Crippen LogP contribution in [0.3, 0.4) is 0 Å². The number of pyridine rings is 1. The van der Waals surface area contributed by atoms with Crippen LogP contribution in [0, 0.1) is 0 Å². The van der Waals surface area contributed by atoms with Crippen molar-refractivity contribution in [3.63, 3.8) is 0 Å². The van der Waals surface area contributed by atoms with E-state index in [-0.39, 0.29) is 6.67 Å². The number of alkyl halides is 3. The number of nitrogens with one attached hydrogen (secondary N) is 1. The Morgan fingerprint density at radius 3 is 3.07 bits per heavy atom. The molecule has 0 radical (unpaired) electrons. The van der Waals surface area contributed by atoms with Crippen LogP contribution in [0.2, 0.25) is 0 Å². The molecule has 0 saturated heterocycles. The zero-order valence-electron chi connectivity index (χ0n) is 7.58. The molecule has 0 saturated carbocycles. The lowest BCUT2D eigenvalue weighted by Gasteiger charge is -2.31. The topological polar surface area (TPSA) is 28.2 Å². The summed E-state index contributed by atoms with van der Waals surface area (Å²) in [5, 5.41) is 0. The number of hydrogen-bond donors (Lipinski definition) is 1. The van der Waals surface area contributed by atoms with Crippen molar-refractivity contribution in [2.24, 2.45) is 0 Å². The average Bonchev–Trinajstić information content (AvgIpc) is 2.16. The Morgan fingerprint density at radius 2 is 2.33 bits per heavy atom. The van der Waals surface area contributed by atoms with Gasteiger partial charge in [-0.25, -0.2) is 4.72 Å². The molecule has 7 heteroatoms. The summed E-state index contributed by atoms with van der Waals surface area (Å²) in [6, 6.07) is 1.59.